The van der Waals surface area contributed by atoms with Crippen molar-refractivity contribution in [2.45, 2.75) is 64.7 Å². The molecule has 102 valence electrons. The maximum absolute atomic E-state index is 2.59. The molecule has 1 aromatic carbocycles. The van der Waals surface area contributed by atoms with Crippen LogP contribution < -0.4 is 0 Å². The molecule has 3 aliphatic rings. The molecule has 0 spiro atoms. The number of rotatable bonds is 0. The van der Waals surface area contributed by atoms with Crippen LogP contribution in [0.25, 0.3) is 0 Å². The van der Waals surface area contributed by atoms with Crippen LogP contribution in [-0.2, 0) is 6.42 Å². The number of hydrogen-bond acceptors (Lipinski definition) is 0. The molecule has 3 aliphatic carbocycles. The Morgan fingerprint density at radius 2 is 2.00 bits per heavy atom. The topological polar surface area (TPSA) is 0 Å². The Hall–Kier alpha value is -0.780. The number of hydrogen-bond donors (Lipinski definition) is 0. The lowest BCUT2D eigenvalue weighted by Crippen LogP contribution is -2.39. The molecule has 0 aliphatic heterocycles. The van der Waals surface area contributed by atoms with E-state index >= 15 is 0 Å². The van der Waals surface area contributed by atoms with E-state index in [-0.39, 0.29) is 0 Å². The standard InChI is InChI=1S/C19H26/c1-13-5-3-6-14-8-9-15-16(18(13)14)10-12-19(2)11-4-7-17(15)19/h3,5-6,15-17H,4,7-12H2,1-2H3/t15-,16+,17+,19+/m1/s1. The quantitative estimate of drug-likeness (QED) is 0.594. The molecule has 0 unspecified atom stereocenters. The van der Waals surface area contributed by atoms with E-state index in [4.69, 9.17) is 0 Å². The van der Waals surface area contributed by atoms with Crippen molar-refractivity contribution in [3.63, 3.8) is 0 Å². The van der Waals surface area contributed by atoms with Gasteiger partial charge >= 0.3 is 0 Å². The lowest BCUT2D eigenvalue weighted by atomic mass is 9.55. The minimum absolute atomic E-state index is 0.696. The monoisotopic (exact) mass is 254 g/mol. The van der Waals surface area contributed by atoms with Crippen LogP contribution in [0.2, 0.25) is 0 Å². The molecule has 4 atom stereocenters. The molecule has 0 bridgehead atoms. The van der Waals surface area contributed by atoms with Crippen LogP contribution in [0.5, 0.6) is 0 Å². The van der Waals surface area contributed by atoms with Gasteiger partial charge in [0.25, 0.3) is 0 Å². The second kappa shape index (κ2) is 4.11. The Balaban J connectivity index is 1.76. The van der Waals surface area contributed by atoms with Gasteiger partial charge in [-0.25, -0.2) is 0 Å². The van der Waals surface area contributed by atoms with Crippen LogP contribution in [0, 0.1) is 24.2 Å². The number of benzene rings is 1. The molecule has 0 heterocycles. The highest BCUT2D eigenvalue weighted by Crippen LogP contribution is 2.61. The van der Waals surface area contributed by atoms with Crippen molar-refractivity contribution in [3.8, 4) is 0 Å². The van der Waals surface area contributed by atoms with Crippen molar-refractivity contribution < 1.29 is 0 Å². The first-order valence-corrected chi connectivity index (χ1v) is 8.27. The summed E-state index contributed by atoms with van der Waals surface area (Å²) in [5.74, 6) is 2.91. The molecule has 19 heavy (non-hydrogen) atoms. The van der Waals surface area contributed by atoms with Gasteiger partial charge in [-0.15, -0.1) is 0 Å². The van der Waals surface area contributed by atoms with E-state index in [2.05, 4.69) is 32.0 Å². The van der Waals surface area contributed by atoms with E-state index in [9.17, 15) is 0 Å². The van der Waals surface area contributed by atoms with Gasteiger partial charge in [0.2, 0.25) is 0 Å². The van der Waals surface area contributed by atoms with Crippen molar-refractivity contribution >= 4 is 0 Å². The predicted octanol–water partition coefficient (Wildman–Crippen LogP) is 5.24. The van der Waals surface area contributed by atoms with E-state index in [1.165, 1.54) is 44.9 Å². The van der Waals surface area contributed by atoms with Gasteiger partial charge in [0.15, 0.2) is 0 Å². The van der Waals surface area contributed by atoms with Crippen LogP contribution in [0.15, 0.2) is 18.2 Å². The second-order valence-corrected chi connectivity index (χ2v) is 7.65. The number of aryl methyl sites for hydroxylation is 2. The third-order valence-corrected chi connectivity index (χ3v) is 6.75. The largest absolute Gasteiger partial charge is 0.0617 e. The van der Waals surface area contributed by atoms with Crippen molar-refractivity contribution in [1.29, 1.82) is 0 Å². The van der Waals surface area contributed by atoms with Crippen molar-refractivity contribution in [2.24, 2.45) is 17.3 Å². The van der Waals surface area contributed by atoms with E-state index in [1.807, 2.05) is 0 Å². The zero-order valence-electron chi connectivity index (χ0n) is 12.4. The predicted molar refractivity (Wildman–Crippen MR) is 80.4 cm³/mol. The van der Waals surface area contributed by atoms with Gasteiger partial charge in [-0.05, 0) is 85.3 Å². The molecule has 0 amide bonds. The molecule has 1 aromatic rings. The summed E-state index contributed by atoms with van der Waals surface area (Å²) in [7, 11) is 0. The summed E-state index contributed by atoms with van der Waals surface area (Å²) in [6.07, 6.45) is 10.2. The van der Waals surface area contributed by atoms with Gasteiger partial charge in [0.1, 0.15) is 0 Å². The van der Waals surface area contributed by atoms with Crippen molar-refractivity contribution in [1.82, 2.24) is 0 Å². The third-order valence-electron chi connectivity index (χ3n) is 6.75. The molecule has 0 N–H and O–H groups in total. The molecule has 0 aromatic heterocycles. The van der Waals surface area contributed by atoms with E-state index in [0.717, 1.165) is 17.8 Å². The summed E-state index contributed by atoms with van der Waals surface area (Å²) >= 11 is 0. The molecule has 0 saturated heterocycles. The fourth-order valence-electron chi connectivity index (χ4n) is 5.85. The highest BCUT2D eigenvalue weighted by atomic mass is 14.5. The fourth-order valence-corrected chi connectivity index (χ4v) is 5.85. The minimum atomic E-state index is 0.696. The molecule has 0 nitrogen and oxygen atoms in total. The number of fused-ring (bicyclic) bond motifs is 5. The molecule has 0 heteroatoms. The van der Waals surface area contributed by atoms with Crippen LogP contribution >= 0.6 is 0 Å². The summed E-state index contributed by atoms with van der Waals surface area (Å²) in [4.78, 5) is 0. The van der Waals surface area contributed by atoms with Gasteiger partial charge in [0, 0.05) is 0 Å². The first kappa shape index (κ1) is 12.0. The minimum Gasteiger partial charge on any atom is -0.0617 e. The van der Waals surface area contributed by atoms with Crippen LogP contribution in [-0.4, -0.2) is 0 Å². The van der Waals surface area contributed by atoms with Crippen LogP contribution in [0.3, 0.4) is 0 Å². The highest BCUT2D eigenvalue weighted by Gasteiger charge is 2.50. The highest BCUT2D eigenvalue weighted by molar-refractivity contribution is 5.40. The lowest BCUT2D eigenvalue weighted by Gasteiger charge is -2.49. The summed E-state index contributed by atoms with van der Waals surface area (Å²) in [5.41, 5.74) is 5.69. The zero-order valence-corrected chi connectivity index (χ0v) is 12.4. The third kappa shape index (κ3) is 1.65. The van der Waals surface area contributed by atoms with Crippen LogP contribution in [0.4, 0.5) is 0 Å². The Kier molecular flexibility index (Phi) is 2.59. The summed E-state index contributed by atoms with van der Waals surface area (Å²) in [6.45, 7) is 4.93. The fraction of sp³-hybridized carbons (Fsp3) is 0.684. The molecule has 0 radical (unpaired) electrons. The lowest BCUT2D eigenvalue weighted by molar-refractivity contribution is 0.0596. The normalized spacial score (nSPS) is 40.4. The summed E-state index contributed by atoms with van der Waals surface area (Å²) < 4.78 is 0. The molecular weight excluding hydrogens is 228 g/mol. The van der Waals surface area contributed by atoms with Gasteiger partial charge in [-0.1, -0.05) is 31.5 Å². The van der Waals surface area contributed by atoms with E-state index in [0.29, 0.717) is 5.41 Å². The molecule has 2 saturated carbocycles. The first-order chi connectivity index (χ1) is 9.19. The van der Waals surface area contributed by atoms with Crippen molar-refractivity contribution in [3.05, 3.63) is 34.9 Å². The zero-order chi connectivity index (χ0) is 13.0. The summed E-state index contributed by atoms with van der Waals surface area (Å²) in [5, 5.41) is 0. The molecular formula is C19H26. The van der Waals surface area contributed by atoms with Crippen LogP contribution in [0.1, 0.15) is 68.1 Å². The van der Waals surface area contributed by atoms with Gasteiger partial charge in [0.05, 0.1) is 0 Å². The SMILES string of the molecule is Cc1cccc2c1[C@H]1CC[C@]3(C)CCC[C@H]3[C@@H]1CC2. The Morgan fingerprint density at radius 3 is 2.89 bits per heavy atom. The smallest absolute Gasteiger partial charge is 0.0125 e. The van der Waals surface area contributed by atoms with E-state index in [1.54, 1.807) is 16.7 Å². The average molecular weight is 254 g/mol. The average Bonchev–Trinajstić information content (AvgIpc) is 2.80. The maximum atomic E-state index is 2.59. The Morgan fingerprint density at radius 1 is 1.11 bits per heavy atom. The van der Waals surface area contributed by atoms with Gasteiger partial charge < -0.3 is 0 Å². The Bertz CT molecular complexity index is 501. The van der Waals surface area contributed by atoms with Crippen molar-refractivity contribution in [2.75, 3.05) is 0 Å². The molecule has 4 rings (SSSR count). The van der Waals surface area contributed by atoms with Gasteiger partial charge in [-0.2, -0.15) is 0 Å². The van der Waals surface area contributed by atoms with Gasteiger partial charge in [-0.3, -0.25) is 0 Å². The van der Waals surface area contributed by atoms with E-state index < -0.39 is 0 Å². The molecule has 2 fully saturated rings. The Labute approximate surface area is 117 Å². The second-order valence-electron chi connectivity index (χ2n) is 7.65. The maximum Gasteiger partial charge on any atom is -0.0125 e. The summed E-state index contributed by atoms with van der Waals surface area (Å²) in [6, 6.07) is 6.99. The first-order valence-electron chi connectivity index (χ1n) is 8.27.